The smallest absolute Gasteiger partial charge is 0.0832 e. The molecule has 0 atom stereocenters. The second-order valence-electron chi connectivity index (χ2n) is 5.23. The largest absolute Gasteiger partial charge is 0.308 e. The van der Waals surface area contributed by atoms with E-state index < -0.39 is 0 Å². The molecule has 1 aliphatic carbocycles. The number of allylic oxidation sites excluding steroid dienone is 1. The van der Waals surface area contributed by atoms with Gasteiger partial charge in [-0.3, -0.25) is 0 Å². The Morgan fingerprint density at radius 3 is 2.71 bits per heavy atom. The van der Waals surface area contributed by atoms with Gasteiger partial charge in [-0.05, 0) is 42.7 Å². The number of hydrogen-bond donors (Lipinski definition) is 0. The number of nitrogens with zero attached hydrogens (tertiary/aromatic N) is 1. The molecule has 0 unspecified atom stereocenters. The number of fused-ring (bicyclic) bond motifs is 3. The van der Waals surface area contributed by atoms with E-state index in [0.717, 1.165) is 18.5 Å². The van der Waals surface area contributed by atoms with Crippen molar-refractivity contribution >= 4 is 40.2 Å². The molecule has 0 amide bonds. The maximum Gasteiger partial charge on any atom is 0.0832 e. The van der Waals surface area contributed by atoms with Gasteiger partial charge < -0.3 is 4.57 Å². The van der Waals surface area contributed by atoms with Crippen molar-refractivity contribution in [3.63, 3.8) is 0 Å². The minimum Gasteiger partial charge on any atom is -0.308 e. The Labute approximate surface area is 133 Å². The molecule has 1 aromatic heterocycles. The predicted molar refractivity (Wildman–Crippen MR) is 90.7 cm³/mol. The van der Waals surface area contributed by atoms with E-state index in [1.165, 1.54) is 22.2 Å². The highest BCUT2D eigenvalue weighted by molar-refractivity contribution is 6.43. The van der Waals surface area contributed by atoms with Crippen LogP contribution in [0.5, 0.6) is 0 Å². The zero-order valence-corrected chi connectivity index (χ0v) is 12.8. The van der Waals surface area contributed by atoms with Gasteiger partial charge in [-0.15, -0.1) is 0 Å². The standard InChI is InChI=1S/C18H13Cl2N/c19-14-8-5-11-17(18(14)20)21-15-9-3-1-6-12(15)13-7-2-4-10-16(13)21/h1,3-6,8-11H,2,7H2. The number of aromatic nitrogens is 1. The van der Waals surface area contributed by atoms with Gasteiger partial charge in [0.25, 0.3) is 0 Å². The summed E-state index contributed by atoms with van der Waals surface area (Å²) in [5, 5.41) is 2.48. The van der Waals surface area contributed by atoms with E-state index in [-0.39, 0.29) is 0 Å². The van der Waals surface area contributed by atoms with E-state index in [1.54, 1.807) is 0 Å². The molecule has 0 aliphatic heterocycles. The summed E-state index contributed by atoms with van der Waals surface area (Å²) < 4.78 is 2.22. The van der Waals surface area contributed by atoms with Gasteiger partial charge in [0.05, 0.1) is 21.2 Å². The summed E-state index contributed by atoms with van der Waals surface area (Å²) in [5.74, 6) is 0. The number of para-hydroxylation sites is 1. The van der Waals surface area contributed by atoms with Crippen LogP contribution in [-0.4, -0.2) is 4.57 Å². The second kappa shape index (κ2) is 4.94. The molecule has 0 saturated carbocycles. The van der Waals surface area contributed by atoms with Crippen molar-refractivity contribution < 1.29 is 0 Å². The summed E-state index contributed by atoms with van der Waals surface area (Å²) in [6.07, 6.45) is 6.56. The van der Waals surface area contributed by atoms with Gasteiger partial charge in [0, 0.05) is 11.1 Å². The normalized spacial score (nSPS) is 13.6. The molecule has 0 saturated heterocycles. The fraction of sp³-hybridized carbons (Fsp3) is 0.111. The fourth-order valence-electron chi connectivity index (χ4n) is 3.11. The summed E-state index contributed by atoms with van der Waals surface area (Å²) >= 11 is 12.7. The van der Waals surface area contributed by atoms with Crippen LogP contribution in [0.2, 0.25) is 10.0 Å². The summed E-state index contributed by atoms with van der Waals surface area (Å²) in [6, 6.07) is 14.3. The summed E-state index contributed by atoms with van der Waals surface area (Å²) in [4.78, 5) is 0. The first-order valence-electron chi connectivity index (χ1n) is 7.00. The van der Waals surface area contributed by atoms with Gasteiger partial charge in [0.15, 0.2) is 0 Å². The van der Waals surface area contributed by atoms with Gasteiger partial charge in [-0.25, -0.2) is 0 Å². The van der Waals surface area contributed by atoms with Gasteiger partial charge >= 0.3 is 0 Å². The minimum absolute atomic E-state index is 0.584. The first-order chi connectivity index (χ1) is 10.3. The molecule has 3 aromatic rings. The first-order valence-corrected chi connectivity index (χ1v) is 7.76. The summed E-state index contributed by atoms with van der Waals surface area (Å²) in [7, 11) is 0. The molecule has 0 spiro atoms. The molecule has 3 heteroatoms. The van der Waals surface area contributed by atoms with Crippen LogP contribution in [-0.2, 0) is 6.42 Å². The second-order valence-corrected chi connectivity index (χ2v) is 6.02. The van der Waals surface area contributed by atoms with Crippen molar-refractivity contribution in [1.82, 2.24) is 4.57 Å². The molecule has 2 aromatic carbocycles. The monoisotopic (exact) mass is 313 g/mol. The third-order valence-corrected chi connectivity index (χ3v) is 4.84. The maximum atomic E-state index is 6.45. The summed E-state index contributed by atoms with van der Waals surface area (Å²) in [5.41, 5.74) is 4.72. The number of halogens is 2. The number of aryl methyl sites for hydroxylation is 1. The molecule has 0 fully saturated rings. The van der Waals surface area contributed by atoms with Crippen LogP contribution in [0.4, 0.5) is 0 Å². The third kappa shape index (κ3) is 1.92. The van der Waals surface area contributed by atoms with Crippen molar-refractivity contribution in [2.75, 3.05) is 0 Å². The Morgan fingerprint density at radius 2 is 1.81 bits per heavy atom. The molecule has 4 rings (SSSR count). The van der Waals surface area contributed by atoms with Gasteiger partial charge in [-0.2, -0.15) is 0 Å². The highest BCUT2D eigenvalue weighted by Gasteiger charge is 2.19. The highest BCUT2D eigenvalue weighted by Crippen LogP contribution is 2.37. The van der Waals surface area contributed by atoms with Gasteiger partial charge in [-0.1, -0.05) is 53.5 Å². The average molecular weight is 314 g/mol. The van der Waals surface area contributed by atoms with Crippen LogP contribution in [0, 0.1) is 0 Å². The first kappa shape index (κ1) is 13.0. The van der Waals surface area contributed by atoms with E-state index in [9.17, 15) is 0 Å². The lowest BCUT2D eigenvalue weighted by Crippen LogP contribution is -2.01. The Morgan fingerprint density at radius 1 is 0.952 bits per heavy atom. The molecule has 0 N–H and O–H groups in total. The molecule has 21 heavy (non-hydrogen) atoms. The number of benzene rings is 2. The molecule has 1 aliphatic rings. The Kier molecular flexibility index (Phi) is 3.06. The SMILES string of the molecule is Clc1cccc(-n2c3c(c4ccccc42)CCC=C3)c1Cl. The lowest BCUT2D eigenvalue weighted by molar-refractivity contribution is 0.967. The third-order valence-electron chi connectivity index (χ3n) is 4.03. The van der Waals surface area contributed by atoms with Crippen molar-refractivity contribution in [1.29, 1.82) is 0 Å². The molecular weight excluding hydrogens is 301 g/mol. The van der Waals surface area contributed by atoms with E-state index in [1.807, 2.05) is 18.2 Å². The number of hydrogen-bond acceptors (Lipinski definition) is 0. The molecular formula is C18H13Cl2N. The van der Waals surface area contributed by atoms with E-state index in [4.69, 9.17) is 23.2 Å². The van der Waals surface area contributed by atoms with E-state index in [0.29, 0.717) is 10.0 Å². The van der Waals surface area contributed by atoms with E-state index >= 15 is 0 Å². The summed E-state index contributed by atoms with van der Waals surface area (Å²) in [6.45, 7) is 0. The average Bonchev–Trinajstić information content (AvgIpc) is 2.85. The lowest BCUT2D eigenvalue weighted by atomic mass is 10.0. The predicted octanol–water partition coefficient (Wildman–Crippen LogP) is 5.90. The Bertz CT molecular complexity index is 874. The topological polar surface area (TPSA) is 4.93 Å². The van der Waals surface area contributed by atoms with Gasteiger partial charge in [0.2, 0.25) is 0 Å². The molecule has 104 valence electrons. The minimum atomic E-state index is 0.584. The van der Waals surface area contributed by atoms with Crippen LogP contribution in [0.3, 0.4) is 0 Å². The van der Waals surface area contributed by atoms with Crippen LogP contribution < -0.4 is 0 Å². The zero-order valence-electron chi connectivity index (χ0n) is 11.3. The Hall–Kier alpha value is -1.70. The fourth-order valence-corrected chi connectivity index (χ4v) is 3.49. The van der Waals surface area contributed by atoms with Crippen molar-refractivity contribution in [2.24, 2.45) is 0 Å². The van der Waals surface area contributed by atoms with Crippen molar-refractivity contribution in [3.05, 3.63) is 69.8 Å². The molecule has 1 heterocycles. The van der Waals surface area contributed by atoms with Crippen molar-refractivity contribution in [3.8, 4) is 5.69 Å². The quantitative estimate of drug-likeness (QED) is 0.527. The molecule has 1 nitrogen and oxygen atoms in total. The van der Waals surface area contributed by atoms with Crippen LogP contribution in [0.15, 0.2) is 48.5 Å². The van der Waals surface area contributed by atoms with Crippen LogP contribution >= 0.6 is 23.2 Å². The zero-order chi connectivity index (χ0) is 14.4. The highest BCUT2D eigenvalue weighted by atomic mass is 35.5. The van der Waals surface area contributed by atoms with Crippen LogP contribution in [0.25, 0.3) is 22.7 Å². The van der Waals surface area contributed by atoms with Crippen molar-refractivity contribution in [2.45, 2.75) is 12.8 Å². The molecule has 0 bridgehead atoms. The van der Waals surface area contributed by atoms with Crippen LogP contribution in [0.1, 0.15) is 17.7 Å². The molecule has 0 radical (unpaired) electrons. The maximum absolute atomic E-state index is 6.45. The lowest BCUT2D eigenvalue weighted by Gasteiger charge is -2.14. The Balaban J connectivity index is 2.14. The van der Waals surface area contributed by atoms with Gasteiger partial charge in [0.1, 0.15) is 0 Å². The van der Waals surface area contributed by atoms with E-state index in [2.05, 4.69) is 41.0 Å². The number of rotatable bonds is 1.